The average molecular weight is 491 g/mol. The van der Waals surface area contributed by atoms with Gasteiger partial charge in [0, 0.05) is 27.8 Å². The number of rotatable bonds is 7. The number of morpholine rings is 1. The Morgan fingerprint density at radius 1 is 1.34 bits per heavy atom. The minimum atomic E-state index is -0.495. The largest absolute Gasteiger partial charge is 0.362 e. The first-order chi connectivity index (χ1) is 15.3. The molecule has 1 aromatic carbocycles. The fraction of sp³-hybridized carbons (Fsp3) is 0.520. The predicted molar refractivity (Wildman–Crippen MR) is 131 cm³/mol. The van der Waals surface area contributed by atoms with Crippen molar-refractivity contribution in [3.05, 3.63) is 58.1 Å². The molecule has 0 aromatic heterocycles. The zero-order chi connectivity index (χ0) is 22.9. The van der Waals surface area contributed by atoms with Crippen LogP contribution in [0.15, 0.2) is 47.5 Å². The lowest BCUT2D eigenvalue weighted by Crippen LogP contribution is -2.59. The predicted octanol–water partition coefficient (Wildman–Crippen LogP) is 6.12. The number of nitrogens with zero attached hydrogens (tertiary/aromatic N) is 2. The monoisotopic (exact) mass is 490 g/mol. The number of benzene rings is 1. The molecule has 2 aliphatic carbocycles. The molecule has 3 aliphatic rings. The lowest BCUT2D eigenvalue weighted by molar-refractivity contribution is -0.165. The number of amides is 1. The van der Waals surface area contributed by atoms with Gasteiger partial charge in [-0.05, 0) is 62.8 Å². The molecule has 4 nitrogen and oxygen atoms in total. The summed E-state index contributed by atoms with van der Waals surface area (Å²) in [5, 5.41) is 10.9. The van der Waals surface area contributed by atoms with Gasteiger partial charge >= 0.3 is 0 Å². The summed E-state index contributed by atoms with van der Waals surface area (Å²) in [7, 11) is 0. The number of carbonyl (C=O) groups is 1. The molecule has 170 valence electrons. The molecule has 0 radical (unpaired) electrons. The fourth-order valence-electron chi connectivity index (χ4n) is 4.57. The first-order valence-corrected chi connectivity index (χ1v) is 12.8. The minimum Gasteiger partial charge on any atom is -0.362 e. The normalized spacial score (nSPS) is 27.1. The number of carbonyl (C=O) groups excluding carboxylic acids is 1. The fourth-order valence-corrected chi connectivity index (χ4v) is 6.02. The van der Waals surface area contributed by atoms with E-state index in [0.29, 0.717) is 10.9 Å². The molecule has 1 saturated heterocycles. The number of allylic oxidation sites excluding steroid dienone is 3. The smallest absolute Gasteiger partial charge is 0.249 e. The summed E-state index contributed by atoms with van der Waals surface area (Å²) in [6.07, 6.45) is 8.74. The molecule has 2 fully saturated rings. The molecule has 4 unspecified atom stereocenters. The average Bonchev–Trinajstić information content (AvgIpc) is 3.60. The maximum Gasteiger partial charge on any atom is 0.249 e. The van der Waals surface area contributed by atoms with E-state index in [-0.39, 0.29) is 36.6 Å². The van der Waals surface area contributed by atoms with Crippen LogP contribution in [-0.4, -0.2) is 40.0 Å². The van der Waals surface area contributed by atoms with Gasteiger partial charge in [0.25, 0.3) is 0 Å². The Labute approximate surface area is 204 Å². The van der Waals surface area contributed by atoms with Gasteiger partial charge in [0.05, 0.1) is 16.9 Å². The highest BCUT2D eigenvalue weighted by atomic mass is 35.5. The van der Waals surface area contributed by atoms with Crippen molar-refractivity contribution < 1.29 is 9.53 Å². The van der Waals surface area contributed by atoms with Crippen LogP contribution in [0.1, 0.15) is 44.8 Å². The zero-order valence-corrected chi connectivity index (χ0v) is 20.7. The van der Waals surface area contributed by atoms with E-state index < -0.39 is 4.75 Å². The third kappa shape index (κ3) is 5.37. The Hall–Kier alpha value is -1.45. The van der Waals surface area contributed by atoms with Crippen LogP contribution in [0.25, 0.3) is 0 Å². The first-order valence-electron chi connectivity index (χ1n) is 11.1. The summed E-state index contributed by atoms with van der Waals surface area (Å²) in [6.45, 7) is 3.92. The lowest BCUT2D eigenvalue weighted by atomic mass is 9.83. The van der Waals surface area contributed by atoms with Crippen molar-refractivity contribution in [2.45, 2.75) is 56.0 Å². The highest BCUT2D eigenvalue weighted by Gasteiger charge is 2.48. The van der Waals surface area contributed by atoms with Crippen molar-refractivity contribution in [1.29, 1.82) is 5.26 Å². The molecule has 1 aromatic rings. The molecule has 0 spiro atoms. The molecular formula is C25H28Cl2N2O2S. The summed E-state index contributed by atoms with van der Waals surface area (Å²) in [5.74, 6) is 1.31. The van der Waals surface area contributed by atoms with Crippen LogP contribution in [0.3, 0.4) is 0 Å². The van der Waals surface area contributed by atoms with E-state index in [4.69, 9.17) is 27.9 Å². The van der Waals surface area contributed by atoms with Gasteiger partial charge in [-0.3, -0.25) is 4.79 Å². The standard InChI is InChI=1S/C25H28Cl2N2O2S/c1-25(2,15-28)32-14-21(16-6-7-16)29-22(30)13-31-24(18-4-3-5-20(27)12-18)23(29)17-8-10-19(26)11-9-17/h3-5,8,10-12,16-17,21,23-24H,6-7,9,13-14H2,1-2H3. The maximum atomic E-state index is 13.4. The quantitative estimate of drug-likeness (QED) is 0.461. The number of hydrogen-bond acceptors (Lipinski definition) is 4. The molecule has 1 saturated carbocycles. The van der Waals surface area contributed by atoms with Gasteiger partial charge in [-0.15, -0.1) is 11.8 Å². The molecule has 1 aliphatic heterocycles. The number of hydrogen-bond donors (Lipinski definition) is 0. The van der Waals surface area contributed by atoms with E-state index in [1.807, 2.05) is 50.3 Å². The number of nitriles is 1. The highest BCUT2D eigenvalue weighted by molar-refractivity contribution is 8.00. The van der Waals surface area contributed by atoms with Crippen molar-refractivity contribution in [1.82, 2.24) is 4.90 Å². The van der Waals surface area contributed by atoms with Crippen molar-refractivity contribution in [3.8, 4) is 6.07 Å². The van der Waals surface area contributed by atoms with E-state index in [9.17, 15) is 10.1 Å². The SMILES string of the molecule is CC(C)(C#N)SCC(C1CC1)N1C(=O)COC(c2cccc(Cl)c2)C1C1C=CC(Cl)=CC1. The second-order valence-electron chi connectivity index (χ2n) is 9.26. The van der Waals surface area contributed by atoms with Crippen molar-refractivity contribution >= 4 is 40.9 Å². The Morgan fingerprint density at radius 2 is 2.12 bits per heavy atom. The molecular weight excluding hydrogens is 463 g/mol. The number of thioether (sulfide) groups is 1. The Bertz CT molecular complexity index is 967. The van der Waals surface area contributed by atoms with Crippen LogP contribution in [0.4, 0.5) is 0 Å². The van der Waals surface area contributed by atoms with Gasteiger partial charge in [0.2, 0.25) is 5.91 Å². The van der Waals surface area contributed by atoms with Gasteiger partial charge in [-0.1, -0.05) is 47.5 Å². The van der Waals surface area contributed by atoms with Crippen LogP contribution in [0, 0.1) is 23.2 Å². The van der Waals surface area contributed by atoms with Gasteiger partial charge < -0.3 is 9.64 Å². The van der Waals surface area contributed by atoms with E-state index >= 15 is 0 Å². The van der Waals surface area contributed by atoms with Gasteiger partial charge in [0.15, 0.2) is 0 Å². The Kier molecular flexibility index (Phi) is 7.27. The third-order valence-electron chi connectivity index (χ3n) is 6.42. The Balaban J connectivity index is 1.70. The van der Waals surface area contributed by atoms with Crippen LogP contribution >= 0.6 is 35.0 Å². The van der Waals surface area contributed by atoms with Crippen molar-refractivity contribution in [2.75, 3.05) is 12.4 Å². The van der Waals surface area contributed by atoms with Gasteiger partial charge in [-0.25, -0.2) is 0 Å². The molecule has 0 N–H and O–H groups in total. The van der Waals surface area contributed by atoms with E-state index in [1.54, 1.807) is 11.8 Å². The third-order valence-corrected chi connectivity index (χ3v) is 8.25. The van der Waals surface area contributed by atoms with Gasteiger partial charge in [0.1, 0.15) is 12.7 Å². The summed E-state index contributed by atoms with van der Waals surface area (Å²) >= 11 is 14.2. The van der Waals surface area contributed by atoms with Crippen LogP contribution in [0.2, 0.25) is 5.02 Å². The topological polar surface area (TPSA) is 53.3 Å². The van der Waals surface area contributed by atoms with E-state index in [1.165, 1.54) is 0 Å². The number of ether oxygens (including phenoxy) is 1. The van der Waals surface area contributed by atoms with Crippen LogP contribution < -0.4 is 0 Å². The second-order valence-corrected chi connectivity index (χ2v) is 11.8. The number of halogens is 2. The highest BCUT2D eigenvalue weighted by Crippen LogP contribution is 2.45. The van der Waals surface area contributed by atoms with Crippen molar-refractivity contribution in [2.24, 2.45) is 11.8 Å². The van der Waals surface area contributed by atoms with Crippen LogP contribution in [0.5, 0.6) is 0 Å². The first kappa shape index (κ1) is 23.7. The molecule has 1 heterocycles. The lowest BCUT2D eigenvalue weighted by Gasteiger charge is -2.48. The summed E-state index contributed by atoms with van der Waals surface area (Å²) in [5.41, 5.74) is 0.980. The van der Waals surface area contributed by atoms with Crippen molar-refractivity contribution in [3.63, 3.8) is 0 Å². The molecule has 7 heteroatoms. The summed E-state index contributed by atoms with van der Waals surface area (Å²) in [4.78, 5) is 15.5. The van der Waals surface area contributed by atoms with E-state index in [0.717, 1.165) is 35.6 Å². The summed E-state index contributed by atoms with van der Waals surface area (Å²) in [6, 6.07) is 10.0. The zero-order valence-electron chi connectivity index (χ0n) is 18.3. The molecule has 32 heavy (non-hydrogen) atoms. The van der Waals surface area contributed by atoms with E-state index in [2.05, 4.69) is 17.0 Å². The molecule has 4 rings (SSSR count). The summed E-state index contributed by atoms with van der Waals surface area (Å²) < 4.78 is 5.68. The maximum absolute atomic E-state index is 13.4. The second kappa shape index (κ2) is 9.81. The molecule has 0 bridgehead atoms. The van der Waals surface area contributed by atoms with Crippen LogP contribution in [-0.2, 0) is 9.53 Å². The van der Waals surface area contributed by atoms with Gasteiger partial charge in [-0.2, -0.15) is 5.26 Å². The minimum absolute atomic E-state index is 0.0228. The molecule has 4 atom stereocenters. The Morgan fingerprint density at radius 3 is 2.75 bits per heavy atom. The molecule has 1 amide bonds.